The third kappa shape index (κ3) is 4.65. The molecule has 8 nitrogen and oxygen atoms in total. The van der Waals surface area contributed by atoms with Crippen LogP contribution in [0.3, 0.4) is 0 Å². The number of ether oxygens (including phenoxy) is 3. The number of furan rings is 1. The summed E-state index contributed by atoms with van der Waals surface area (Å²) in [4.78, 5) is 24.7. The van der Waals surface area contributed by atoms with Gasteiger partial charge in [-0.3, -0.25) is 4.79 Å². The van der Waals surface area contributed by atoms with Crippen molar-refractivity contribution in [3.8, 4) is 11.5 Å². The van der Waals surface area contributed by atoms with E-state index in [-0.39, 0.29) is 0 Å². The van der Waals surface area contributed by atoms with Crippen molar-refractivity contribution >= 4 is 17.6 Å². The second-order valence-electron chi connectivity index (χ2n) is 6.64. The summed E-state index contributed by atoms with van der Waals surface area (Å²) in [5, 5.41) is 2.67. The van der Waals surface area contributed by atoms with Gasteiger partial charge in [0.1, 0.15) is 5.76 Å². The lowest BCUT2D eigenvalue weighted by Gasteiger charge is -2.11. The lowest BCUT2D eigenvalue weighted by atomic mass is 10.2. The number of hydrogen-bond donors (Lipinski definition) is 1. The highest BCUT2D eigenvalue weighted by Gasteiger charge is 2.19. The van der Waals surface area contributed by atoms with Crippen LogP contribution in [-0.4, -0.2) is 37.3 Å². The Morgan fingerprint density at radius 3 is 2.50 bits per heavy atom. The number of hydrogen-bond acceptors (Lipinski definition) is 6. The molecule has 0 saturated carbocycles. The Labute approximate surface area is 174 Å². The zero-order valence-corrected chi connectivity index (χ0v) is 17.4. The third-order valence-corrected chi connectivity index (χ3v) is 4.69. The van der Waals surface area contributed by atoms with E-state index < -0.39 is 18.5 Å². The molecule has 3 rings (SSSR count). The summed E-state index contributed by atoms with van der Waals surface area (Å²) < 4.78 is 22.9. The van der Waals surface area contributed by atoms with E-state index >= 15 is 0 Å². The number of anilines is 1. The Bertz CT molecular complexity index is 1040. The lowest BCUT2D eigenvalue weighted by Crippen LogP contribution is -2.21. The first-order valence-corrected chi connectivity index (χ1v) is 9.31. The van der Waals surface area contributed by atoms with Gasteiger partial charge in [-0.25, -0.2) is 4.79 Å². The van der Waals surface area contributed by atoms with Crippen molar-refractivity contribution in [1.82, 2.24) is 4.57 Å². The molecule has 2 aromatic heterocycles. The number of carbonyl (C=O) groups is 2. The number of aromatic nitrogens is 1. The summed E-state index contributed by atoms with van der Waals surface area (Å²) in [5.74, 6) is 0.797. The van der Waals surface area contributed by atoms with Crippen LogP contribution >= 0.6 is 0 Å². The molecule has 1 N–H and O–H groups in total. The minimum Gasteiger partial charge on any atom is -0.493 e. The Kier molecular flexibility index (Phi) is 6.46. The molecule has 0 spiro atoms. The van der Waals surface area contributed by atoms with Gasteiger partial charge in [-0.05, 0) is 44.2 Å². The maximum Gasteiger partial charge on any atom is 0.340 e. The van der Waals surface area contributed by atoms with Crippen LogP contribution in [0.5, 0.6) is 11.5 Å². The van der Waals surface area contributed by atoms with Crippen molar-refractivity contribution in [3.63, 3.8) is 0 Å². The van der Waals surface area contributed by atoms with E-state index in [4.69, 9.17) is 18.6 Å². The van der Waals surface area contributed by atoms with Gasteiger partial charge in [-0.2, -0.15) is 0 Å². The molecule has 0 bridgehead atoms. The molecule has 0 aliphatic heterocycles. The predicted molar refractivity (Wildman–Crippen MR) is 110 cm³/mol. The van der Waals surface area contributed by atoms with Crippen molar-refractivity contribution in [2.75, 3.05) is 26.1 Å². The summed E-state index contributed by atoms with van der Waals surface area (Å²) in [6.45, 7) is 3.83. The Balaban J connectivity index is 1.61. The molecule has 0 saturated heterocycles. The first-order chi connectivity index (χ1) is 14.4. The minimum atomic E-state index is -0.559. The van der Waals surface area contributed by atoms with Gasteiger partial charge in [0.05, 0.1) is 32.6 Å². The Morgan fingerprint density at radius 1 is 1.07 bits per heavy atom. The van der Waals surface area contributed by atoms with Gasteiger partial charge in [0.15, 0.2) is 18.1 Å². The SMILES string of the molecule is COc1ccc(NC(=O)COC(=O)c2cc(C)n(Cc3ccco3)c2C)cc1OC. The van der Waals surface area contributed by atoms with Gasteiger partial charge in [0, 0.05) is 23.1 Å². The minimum absolute atomic E-state index is 0.408. The fourth-order valence-electron chi connectivity index (χ4n) is 3.13. The number of benzene rings is 1. The van der Waals surface area contributed by atoms with Gasteiger partial charge in [0.25, 0.3) is 5.91 Å². The summed E-state index contributed by atoms with van der Waals surface area (Å²) in [6.07, 6.45) is 1.61. The van der Waals surface area contributed by atoms with Crippen molar-refractivity contribution < 1.29 is 28.2 Å². The van der Waals surface area contributed by atoms with Crippen LogP contribution in [-0.2, 0) is 16.1 Å². The predicted octanol–water partition coefficient (Wildman–Crippen LogP) is 3.56. The first-order valence-electron chi connectivity index (χ1n) is 9.31. The van der Waals surface area contributed by atoms with E-state index in [1.165, 1.54) is 14.2 Å². The maximum absolute atomic E-state index is 12.5. The van der Waals surface area contributed by atoms with Gasteiger partial charge in [-0.1, -0.05) is 0 Å². The summed E-state index contributed by atoms with van der Waals surface area (Å²) >= 11 is 0. The van der Waals surface area contributed by atoms with Crippen LogP contribution in [0, 0.1) is 13.8 Å². The number of aryl methyl sites for hydroxylation is 1. The van der Waals surface area contributed by atoms with Crippen LogP contribution in [0.4, 0.5) is 5.69 Å². The number of esters is 1. The van der Waals surface area contributed by atoms with Crippen molar-refractivity contribution in [2.45, 2.75) is 20.4 Å². The normalized spacial score (nSPS) is 10.5. The highest BCUT2D eigenvalue weighted by molar-refractivity contribution is 5.96. The van der Waals surface area contributed by atoms with E-state index in [1.807, 2.05) is 30.5 Å². The Morgan fingerprint density at radius 2 is 1.83 bits per heavy atom. The van der Waals surface area contributed by atoms with Gasteiger partial charge in [0.2, 0.25) is 0 Å². The molecule has 30 heavy (non-hydrogen) atoms. The fourth-order valence-corrected chi connectivity index (χ4v) is 3.13. The second-order valence-corrected chi connectivity index (χ2v) is 6.64. The topological polar surface area (TPSA) is 91.9 Å². The number of methoxy groups -OCH3 is 2. The molecule has 0 radical (unpaired) electrons. The first kappa shape index (κ1) is 21.0. The lowest BCUT2D eigenvalue weighted by molar-refractivity contribution is -0.119. The summed E-state index contributed by atoms with van der Waals surface area (Å²) in [5.41, 5.74) is 2.56. The number of nitrogens with one attached hydrogen (secondary N) is 1. The molecule has 0 unspecified atom stereocenters. The highest BCUT2D eigenvalue weighted by Crippen LogP contribution is 2.29. The van der Waals surface area contributed by atoms with E-state index in [0.29, 0.717) is 29.3 Å². The summed E-state index contributed by atoms with van der Waals surface area (Å²) in [7, 11) is 3.04. The average molecular weight is 412 g/mol. The molecule has 1 aromatic carbocycles. The smallest absolute Gasteiger partial charge is 0.340 e. The molecule has 0 aliphatic rings. The molecule has 2 heterocycles. The molecular formula is C22H24N2O6. The van der Waals surface area contributed by atoms with Crippen molar-refractivity contribution in [1.29, 1.82) is 0 Å². The second kappa shape index (κ2) is 9.21. The number of nitrogens with zero attached hydrogens (tertiary/aromatic N) is 1. The molecule has 0 fully saturated rings. The van der Waals surface area contributed by atoms with Gasteiger partial charge < -0.3 is 28.5 Å². The molecular weight excluding hydrogens is 388 g/mol. The van der Waals surface area contributed by atoms with E-state index in [2.05, 4.69) is 5.32 Å². The van der Waals surface area contributed by atoms with Crippen molar-refractivity contribution in [2.24, 2.45) is 0 Å². The van der Waals surface area contributed by atoms with Crippen LogP contribution in [0.25, 0.3) is 0 Å². The molecule has 158 valence electrons. The largest absolute Gasteiger partial charge is 0.493 e. The third-order valence-electron chi connectivity index (χ3n) is 4.69. The fraction of sp³-hybridized carbons (Fsp3) is 0.273. The number of rotatable bonds is 8. The van der Waals surface area contributed by atoms with E-state index in [9.17, 15) is 9.59 Å². The van der Waals surface area contributed by atoms with Crippen molar-refractivity contribution in [3.05, 3.63) is 65.4 Å². The quantitative estimate of drug-likeness (QED) is 0.569. The van der Waals surface area contributed by atoms with Crippen LogP contribution in [0.1, 0.15) is 27.5 Å². The van der Waals surface area contributed by atoms with Gasteiger partial charge >= 0.3 is 5.97 Å². The molecule has 3 aromatic rings. The number of amides is 1. The zero-order valence-electron chi connectivity index (χ0n) is 17.4. The average Bonchev–Trinajstić information content (AvgIpc) is 3.35. The standard InChI is InChI=1S/C22H24N2O6/c1-14-10-18(15(2)24(14)12-17-6-5-9-29-17)22(26)30-13-21(25)23-16-7-8-19(27-3)20(11-16)28-4/h5-11H,12-13H2,1-4H3,(H,23,25). The molecule has 8 heteroatoms. The molecule has 1 amide bonds. The van der Waals surface area contributed by atoms with Crippen LogP contribution in [0.2, 0.25) is 0 Å². The molecule has 0 aliphatic carbocycles. The molecule has 0 atom stereocenters. The van der Waals surface area contributed by atoms with E-state index in [0.717, 1.165) is 17.1 Å². The highest BCUT2D eigenvalue weighted by atomic mass is 16.5. The number of carbonyl (C=O) groups excluding carboxylic acids is 2. The van der Waals surface area contributed by atoms with Crippen LogP contribution in [0.15, 0.2) is 47.1 Å². The maximum atomic E-state index is 12.5. The zero-order chi connectivity index (χ0) is 21.7. The Hall–Kier alpha value is -3.68. The summed E-state index contributed by atoms with van der Waals surface area (Å²) in [6, 6.07) is 10.4. The van der Waals surface area contributed by atoms with E-state index in [1.54, 1.807) is 30.5 Å². The van der Waals surface area contributed by atoms with Crippen LogP contribution < -0.4 is 14.8 Å². The van der Waals surface area contributed by atoms with Gasteiger partial charge in [-0.15, -0.1) is 0 Å². The monoisotopic (exact) mass is 412 g/mol.